The van der Waals surface area contributed by atoms with Crippen molar-refractivity contribution in [2.75, 3.05) is 0 Å². The smallest absolute Gasteiger partial charge is 0.321 e. The molecule has 3 aromatic rings. The van der Waals surface area contributed by atoms with Crippen LogP contribution in [-0.4, -0.2) is 9.79 Å². The third-order valence-corrected chi connectivity index (χ3v) is 4.46. The molecule has 0 spiro atoms. The van der Waals surface area contributed by atoms with Gasteiger partial charge in [0.25, 0.3) is 0 Å². The van der Waals surface area contributed by atoms with E-state index in [9.17, 15) is 14.4 Å². The van der Waals surface area contributed by atoms with Crippen molar-refractivity contribution >= 4 is 12.9 Å². The molecule has 3 aromatic carbocycles. The van der Waals surface area contributed by atoms with Gasteiger partial charge in [-0.15, -0.1) is 0 Å². The van der Waals surface area contributed by atoms with Crippen molar-refractivity contribution < 1.29 is 14.4 Å². The van der Waals surface area contributed by atoms with E-state index in [4.69, 9.17) is 0 Å². The Morgan fingerprint density at radius 3 is 1.64 bits per heavy atom. The van der Waals surface area contributed by atoms with Gasteiger partial charge in [-0.1, -0.05) is 66.7 Å². The lowest BCUT2D eigenvalue weighted by atomic mass is 9.95. The van der Waals surface area contributed by atoms with Crippen molar-refractivity contribution in [2.24, 2.45) is 0 Å². The van der Waals surface area contributed by atoms with Crippen LogP contribution in [-0.2, 0) is 4.57 Å². The van der Waals surface area contributed by atoms with Crippen LogP contribution in [0.5, 0.6) is 0 Å². The standard InChI is InChI=1S/C18H15O3P/c19-22(20,21)16-11-12-17(14-7-3-1-4-8-14)18(13-16)15-9-5-2-6-10-15/h1-13H,(H2,19,20,21). The van der Waals surface area contributed by atoms with Crippen molar-refractivity contribution in [1.82, 2.24) is 0 Å². The Morgan fingerprint density at radius 2 is 1.14 bits per heavy atom. The van der Waals surface area contributed by atoms with Crippen LogP contribution in [0.1, 0.15) is 0 Å². The fraction of sp³-hybridized carbons (Fsp3) is 0. The van der Waals surface area contributed by atoms with Gasteiger partial charge in [-0.3, -0.25) is 4.57 Å². The minimum atomic E-state index is -4.28. The summed E-state index contributed by atoms with van der Waals surface area (Å²) in [6, 6.07) is 24.3. The molecule has 110 valence electrons. The maximum Gasteiger partial charge on any atom is 0.356 e. The lowest BCUT2D eigenvalue weighted by Gasteiger charge is -2.13. The molecule has 0 aliphatic heterocycles. The molecular weight excluding hydrogens is 295 g/mol. The molecule has 0 radical (unpaired) electrons. The molecule has 2 N–H and O–H groups in total. The average molecular weight is 310 g/mol. The highest BCUT2D eigenvalue weighted by Gasteiger charge is 2.19. The zero-order chi connectivity index (χ0) is 15.6. The van der Waals surface area contributed by atoms with Crippen LogP contribution in [0.25, 0.3) is 22.3 Å². The molecule has 0 saturated heterocycles. The molecular formula is C18H15O3P. The van der Waals surface area contributed by atoms with E-state index in [-0.39, 0.29) is 5.30 Å². The minimum absolute atomic E-state index is 0.0334. The van der Waals surface area contributed by atoms with Gasteiger partial charge in [-0.2, -0.15) is 0 Å². The van der Waals surface area contributed by atoms with E-state index in [0.29, 0.717) is 0 Å². The van der Waals surface area contributed by atoms with Crippen molar-refractivity contribution in [1.29, 1.82) is 0 Å². The van der Waals surface area contributed by atoms with E-state index < -0.39 is 7.60 Å². The lowest BCUT2D eigenvalue weighted by molar-refractivity contribution is 0.387. The molecule has 0 fully saturated rings. The summed E-state index contributed by atoms with van der Waals surface area (Å²) in [6.07, 6.45) is 0. The van der Waals surface area contributed by atoms with Crippen LogP contribution in [0, 0.1) is 0 Å². The third-order valence-electron chi connectivity index (χ3n) is 3.51. The van der Waals surface area contributed by atoms with E-state index in [1.807, 2.05) is 60.7 Å². The Bertz CT molecular complexity index is 823. The Kier molecular flexibility index (Phi) is 3.95. The van der Waals surface area contributed by atoms with Gasteiger partial charge in [0.05, 0.1) is 5.30 Å². The molecule has 0 saturated carbocycles. The van der Waals surface area contributed by atoms with Crippen LogP contribution >= 0.6 is 7.60 Å². The van der Waals surface area contributed by atoms with E-state index in [1.54, 1.807) is 12.1 Å². The van der Waals surface area contributed by atoms with Crippen LogP contribution in [0.2, 0.25) is 0 Å². The largest absolute Gasteiger partial charge is 0.356 e. The first-order chi connectivity index (χ1) is 10.6. The quantitative estimate of drug-likeness (QED) is 0.723. The summed E-state index contributed by atoms with van der Waals surface area (Å²) in [7, 11) is -4.28. The third kappa shape index (κ3) is 3.02. The van der Waals surface area contributed by atoms with E-state index in [2.05, 4.69) is 0 Å². The molecule has 0 atom stereocenters. The van der Waals surface area contributed by atoms with Gasteiger partial charge in [-0.05, 0) is 34.4 Å². The molecule has 0 aliphatic carbocycles. The number of benzene rings is 3. The second kappa shape index (κ2) is 5.90. The second-order valence-electron chi connectivity index (χ2n) is 5.01. The highest BCUT2D eigenvalue weighted by atomic mass is 31.2. The first kappa shape index (κ1) is 14.7. The number of hydrogen-bond donors (Lipinski definition) is 2. The fourth-order valence-electron chi connectivity index (χ4n) is 2.44. The summed E-state index contributed by atoms with van der Waals surface area (Å²) >= 11 is 0. The van der Waals surface area contributed by atoms with Crippen molar-refractivity contribution in [3.8, 4) is 22.3 Å². The van der Waals surface area contributed by atoms with E-state index >= 15 is 0 Å². The van der Waals surface area contributed by atoms with E-state index in [0.717, 1.165) is 22.3 Å². The summed E-state index contributed by atoms with van der Waals surface area (Å²) in [6.45, 7) is 0. The summed E-state index contributed by atoms with van der Waals surface area (Å²) in [4.78, 5) is 18.9. The van der Waals surface area contributed by atoms with Crippen molar-refractivity contribution in [3.63, 3.8) is 0 Å². The Balaban J connectivity index is 2.25. The Hall–Kier alpha value is -2.19. The molecule has 0 amide bonds. The molecule has 4 heteroatoms. The van der Waals surface area contributed by atoms with Gasteiger partial charge in [0.1, 0.15) is 0 Å². The molecule has 22 heavy (non-hydrogen) atoms. The molecule has 0 bridgehead atoms. The number of hydrogen-bond acceptors (Lipinski definition) is 1. The highest BCUT2D eigenvalue weighted by Crippen LogP contribution is 2.38. The van der Waals surface area contributed by atoms with Gasteiger partial charge in [0, 0.05) is 0 Å². The SMILES string of the molecule is O=P(O)(O)c1ccc(-c2ccccc2)c(-c2ccccc2)c1. The van der Waals surface area contributed by atoms with Crippen LogP contribution in [0.4, 0.5) is 0 Å². The monoisotopic (exact) mass is 310 g/mol. The van der Waals surface area contributed by atoms with E-state index in [1.165, 1.54) is 6.07 Å². The Labute approximate surface area is 129 Å². The average Bonchev–Trinajstić information content (AvgIpc) is 2.55. The molecule has 0 unspecified atom stereocenters. The molecule has 0 aromatic heterocycles. The number of rotatable bonds is 3. The van der Waals surface area contributed by atoms with Gasteiger partial charge >= 0.3 is 7.60 Å². The second-order valence-corrected chi connectivity index (χ2v) is 6.61. The maximum absolute atomic E-state index is 11.6. The predicted octanol–water partition coefficient (Wildman–Crippen LogP) is 3.82. The van der Waals surface area contributed by atoms with Gasteiger partial charge in [-0.25, -0.2) is 0 Å². The van der Waals surface area contributed by atoms with Crippen LogP contribution in [0.15, 0.2) is 78.9 Å². The fourth-order valence-corrected chi connectivity index (χ4v) is 3.01. The van der Waals surface area contributed by atoms with Crippen LogP contribution in [0.3, 0.4) is 0 Å². The first-order valence-electron chi connectivity index (χ1n) is 6.87. The normalized spacial score (nSPS) is 11.4. The molecule has 3 rings (SSSR count). The molecule has 0 heterocycles. The maximum atomic E-state index is 11.6. The van der Waals surface area contributed by atoms with Crippen molar-refractivity contribution in [3.05, 3.63) is 78.9 Å². The zero-order valence-electron chi connectivity index (χ0n) is 11.8. The van der Waals surface area contributed by atoms with Gasteiger partial charge in [0.2, 0.25) is 0 Å². The lowest BCUT2D eigenvalue weighted by Crippen LogP contribution is -2.04. The zero-order valence-corrected chi connectivity index (χ0v) is 12.6. The summed E-state index contributed by atoms with van der Waals surface area (Å²) in [5.41, 5.74) is 3.70. The summed E-state index contributed by atoms with van der Waals surface area (Å²) < 4.78 is 11.6. The Morgan fingerprint density at radius 1 is 0.636 bits per heavy atom. The topological polar surface area (TPSA) is 57.5 Å². The molecule has 0 aliphatic rings. The minimum Gasteiger partial charge on any atom is -0.321 e. The summed E-state index contributed by atoms with van der Waals surface area (Å²) in [5, 5.41) is 0.0334. The van der Waals surface area contributed by atoms with Crippen LogP contribution < -0.4 is 5.30 Å². The van der Waals surface area contributed by atoms with Crippen molar-refractivity contribution in [2.45, 2.75) is 0 Å². The highest BCUT2D eigenvalue weighted by molar-refractivity contribution is 7.60. The van der Waals surface area contributed by atoms with Gasteiger partial charge < -0.3 is 9.79 Å². The van der Waals surface area contributed by atoms with Gasteiger partial charge in [0.15, 0.2) is 0 Å². The first-order valence-corrected chi connectivity index (χ1v) is 8.48. The summed E-state index contributed by atoms with van der Waals surface area (Å²) in [5.74, 6) is 0. The molecule has 3 nitrogen and oxygen atoms in total. The predicted molar refractivity (Wildman–Crippen MR) is 89.0 cm³/mol.